The monoisotopic (exact) mass is 369 g/mol. The average Bonchev–Trinajstić information content (AvgIpc) is 2.45. The van der Waals surface area contributed by atoms with Crippen LogP contribution in [0.2, 0.25) is 5.02 Å². The summed E-state index contributed by atoms with van der Waals surface area (Å²) in [7, 11) is 3.24. The molecule has 1 unspecified atom stereocenters. The van der Waals surface area contributed by atoms with Gasteiger partial charge in [0.25, 0.3) is 0 Å². The maximum atomic E-state index is 6.44. The van der Waals surface area contributed by atoms with Crippen LogP contribution in [0.3, 0.4) is 0 Å². The van der Waals surface area contributed by atoms with Crippen LogP contribution >= 0.6 is 27.5 Å². The molecule has 0 aliphatic rings. The molecule has 0 saturated carbocycles. The molecular weight excluding hydrogens is 354 g/mol. The summed E-state index contributed by atoms with van der Waals surface area (Å²) in [5, 5.41) is 0.597. The van der Waals surface area contributed by atoms with Gasteiger partial charge in [0.15, 0.2) is 0 Å². The molecule has 21 heavy (non-hydrogen) atoms. The normalized spacial score (nSPS) is 12.1. The summed E-state index contributed by atoms with van der Waals surface area (Å²) < 4.78 is 11.6. The van der Waals surface area contributed by atoms with Gasteiger partial charge in [-0.1, -0.05) is 29.3 Å². The van der Waals surface area contributed by atoms with Crippen LogP contribution in [0.1, 0.15) is 22.7 Å². The molecule has 0 spiro atoms. The fourth-order valence-electron chi connectivity index (χ4n) is 2.29. The van der Waals surface area contributed by atoms with E-state index in [2.05, 4.69) is 15.9 Å². The first kappa shape index (κ1) is 16.1. The SMILES string of the molecule is COc1ccc(C)cc1C(N)c1cc(Cl)cc(Br)c1OC. The number of aryl methyl sites for hydroxylation is 1. The molecule has 0 saturated heterocycles. The third-order valence-electron chi connectivity index (χ3n) is 3.30. The van der Waals surface area contributed by atoms with Crippen LogP contribution in [0.15, 0.2) is 34.8 Å². The molecule has 0 aliphatic carbocycles. The van der Waals surface area contributed by atoms with Gasteiger partial charge in [0.05, 0.1) is 24.7 Å². The molecule has 112 valence electrons. The number of benzene rings is 2. The molecule has 0 radical (unpaired) electrons. The first-order valence-corrected chi connectivity index (χ1v) is 7.58. The van der Waals surface area contributed by atoms with E-state index >= 15 is 0 Å². The Morgan fingerprint density at radius 3 is 2.43 bits per heavy atom. The van der Waals surface area contributed by atoms with E-state index in [1.54, 1.807) is 20.3 Å². The van der Waals surface area contributed by atoms with Gasteiger partial charge in [-0.25, -0.2) is 0 Å². The van der Waals surface area contributed by atoms with Crippen LogP contribution in [-0.2, 0) is 0 Å². The van der Waals surface area contributed by atoms with Gasteiger partial charge in [-0.15, -0.1) is 0 Å². The van der Waals surface area contributed by atoms with Gasteiger partial charge < -0.3 is 15.2 Å². The van der Waals surface area contributed by atoms with Crippen LogP contribution in [0.5, 0.6) is 11.5 Å². The maximum absolute atomic E-state index is 6.44. The van der Waals surface area contributed by atoms with E-state index < -0.39 is 6.04 Å². The van der Waals surface area contributed by atoms with Gasteiger partial charge >= 0.3 is 0 Å². The highest BCUT2D eigenvalue weighted by Crippen LogP contribution is 2.39. The van der Waals surface area contributed by atoms with Crippen molar-refractivity contribution in [1.82, 2.24) is 0 Å². The lowest BCUT2D eigenvalue weighted by atomic mass is 9.96. The second-order valence-corrected chi connectivity index (χ2v) is 6.02. The van der Waals surface area contributed by atoms with Crippen LogP contribution < -0.4 is 15.2 Å². The van der Waals surface area contributed by atoms with Crippen molar-refractivity contribution in [3.63, 3.8) is 0 Å². The number of hydrogen-bond donors (Lipinski definition) is 1. The average molecular weight is 371 g/mol. The van der Waals surface area contributed by atoms with E-state index in [1.807, 2.05) is 31.2 Å². The minimum Gasteiger partial charge on any atom is -0.496 e. The Kier molecular flexibility index (Phi) is 5.14. The summed E-state index contributed by atoms with van der Waals surface area (Å²) in [5.74, 6) is 1.42. The fraction of sp³-hybridized carbons (Fsp3) is 0.250. The molecule has 0 heterocycles. The Morgan fingerprint density at radius 1 is 1.10 bits per heavy atom. The molecule has 2 aromatic rings. The molecule has 0 amide bonds. The van der Waals surface area contributed by atoms with Crippen molar-refractivity contribution < 1.29 is 9.47 Å². The molecule has 0 bridgehead atoms. The number of hydrogen-bond acceptors (Lipinski definition) is 3. The molecule has 2 N–H and O–H groups in total. The smallest absolute Gasteiger partial charge is 0.138 e. The Labute approximate surface area is 138 Å². The summed E-state index contributed by atoms with van der Waals surface area (Å²) in [6.07, 6.45) is 0. The standard InChI is InChI=1S/C16H17BrClNO2/c1-9-4-5-14(20-2)11(6-9)15(19)12-7-10(18)8-13(17)16(12)21-3/h4-8,15H,19H2,1-3H3. The second-order valence-electron chi connectivity index (χ2n) is 4.73. The van der Waals surface area contributed by atoms with Gasteiger partial charge in [0.1, 0.15) is 11.5 Å². The van der Waals surface area contributed by atoms with Crippen molar-refractivity contribution in [3.8, 4) is 11.5 Å². The van der Waals surface area contributed by atoms with Crippen LogP contribution in [0.25, 0.3) is 0 Å². The number of methoxy groups -OCH3 is 2. The zero-order valence-electron chi connectivity index (χ0n) is 12.1. The number of nitrogens with two attached hydrogens (primary N) is 1. The predicted octanol–water partition coefficient (Wildman–Crippen LogP) is 4.48. The zero-order chi connectivity index (χ0) is 15.6. The molecule has 2 aromatic carbocycles. The summed E-state index contributed by atoms with van der Waals surface area (Å²) in [6.45, 7) is 2.01. The van der Waals surface area contributed by atoms with Gasteiger partial charge in [0, 0.05) is 16.1 Å². The summed E-state index contributed by atoms with van der Waals surface area (Å²) in [5.41, 5.74) is 9.25. The van der Waals surface area contributed by atoms with E-state index in [0.717, 1.165) is 26.9 Å². The van der Waals surface area contributed by atoms with E-state index in [0.29, 0.717) is 10.8 Å². The second kappa shape index (κ2) is 6.69. The van der Waals surface area contributed by atoms with E-state index in [9.17, 15) is 0 Å². The molecular formula is C16H17BrClNO2. The van der Waals surface area contributed by atoms with Crippen molar-refractivity contribution in [2.24, 2.45) is 5.73 Å². The van der Waals surface area contributed by atoms with E-state index in [1.165, 1.54) is 0 Å². The lowest BCUT2D eigenvalue weighted by molar-refractivity contribution is 0.398. The summed E-state index contributed by atoms with van der Waals surface area (Å²) in [4.78, 5) is 0. The maximum Gasteiger partial charge on any atom is 0.138 e. The van der Waals surface area contributed by atoms with Crippen molar-refractivity contribution >= 4 is 27.5 Å². The van der Waals surface area contributed by atoms with Gasteiger partial charge in [-0.3, -0.25) is 0 Å². The van der Waals surface area contributed by atoms with E-state index in [-0.39, 0.29) is 0 Å². The lowest BCUT2D eigenvalue weighted by Crippen LogP contribution is -2.15. The Bertz CT molecular complexity index is 661. The largest absolute Gasteiger partial charge is 0.496 e. The molecule has 0 aliphatic heterocycles. The molecule has 0 aromatic heterocycles. The molecule has 1 atom stereocenters. The zero-order valence-corrected chi connectivity index (χ0v) is 14.5. The lowest BCUT2D eigenvalue weighted by Gasteiger charge is -2.20. The molecule has 2 rings (SSSR count). The Hall–Kier alpha value is -1.23. The van der Waals surface area contributed by atoms with Crippen LogP contribution in [0, 0.1) is 6.92 Å². The first-order chi connectivity index (χ1) is 9.97. The molecule has 5 heteroatoms. The number of ether oxygens (including phenoxy) is 2. The van der Waals surface area contributed by atoms with Gasteiger partial charge in [-0.05, 0) is 41.1 Å². The van der Waals surface area contributed by atoms with Crippen LogP contribution in [0.4, 0.5) is 0 Å². The fourth-order valence-corrected chi connectivity index (χ4v) is 3.29. The highest BCUT2D eigenvalue weighted by atomic mass is 79.9. The minimum atomic E-state index is -0.398. The highest BCUT2D eigenvalue weighted by molar-refractivity contribution is 9.10. The van der Waals surface area contributed by atoms with Gasteiger partial charge in [0.2, 0.25) is 0 Å². The highest BCUT2D eigenvalue weighted by Gasteiger charge is 2.20. The topological polar surface area (TPSA) is 44.5 Å². The molecule has 3 nitrogen and oxygen atoms in total. The third kappa shape index (κ3) is 3.34. The van der Waals surface area contributed by atoms with Crippen molar-refractivity contribution in [3.05, 3.63) is 56.5 Å². The Morgan fingerprint density at radius 2 is 1.81 bits per heavy atom. The summed E-state index contributed by atoms with van der Waals surface area (Å²) in [6, 6.07) is 9.11. The van der Waals surface area contributed by atoms with Crippen molar-refractivity contribution in [2.45, 2.75) is 13.0 Å². The Balaban J connectivity index is 2.59. The first-order valence-electron chi connectivity index (χ1n) is 6.41. The third-order valence-corrected chi connectivity index (χ3v) is 4.10. The van der Waals surface area contributed by atoms with Gasteiger partial charge in [-0.2, -0.15) is 0 Å². The minimum absolute atomic E-state index is 0.398. The number of rotatable bonds is 4. The van der Waals surface area contributed by atoms with Crippen molar-refractivity contribution in [2.75, 3.05) is 14.2 Å². The van der Waals surface area contributed by atoms with Crippen LogP contribution in [-0.4, -0.2) is 14.2 Å². The number of halogens is 2. The van der Waals surface area contributed by atoms with E-state index in [4.69, 9.17) is 26.8 Å². The quantitative estimate of drug-likeness (QED) is 0.863. The summed E-state index contributed by atoms with van der Waals surface area (Å²) >= 11 is 9.60. The van der Waals surface area contributed by atoms with Crippen molar-refractivity contribution in [1.29, 1.82) is 0 Å². The molecule has 0 fully saturated rings. The predicted molar refractivity (Wildman–Crippen MR) is 89.5 cm³/mol.